The van der Waals surface area contributed by atoms with Gasteiger partial charge in [-0.1, -0.05) is 37.6 Å². The van der Waals surface area contributed by atoms with E-state index in [1.54, 1.807) is 6.20 Å². The van der Waals surface area contributed by atoms with E-state index in [0.29, 0.717) is 5.92 Å². The lowest BCUT2D eigenvalue weighted by molar-refractivity contribution is 0.241. The molecule has 1 aromatic carbocycles. The van der Waals surface area contributed by atoms with Gasteiger partial charge in [-0.05, 0) is 62.1 Å². The molecule has 0 aliphatic heterocycles. The van der Waals surface area contributed by atoms with Crippen molar-refractivity contribution in [2.45, 2.75) is 59.4 Å². The normalized spacial score (nSPS) is 16.1. The third-order valence-electron chi connectivity index (χ3n) is 4.56. The van der Waals surface area contributed by atoms with Gasteiger partial charge in [0.2, 0.25) is 0 Å². The Labute approximate surface area is 134 Å². The fourth-order valence-electron chi connectivity index (χ4n) is 2.69. The quantitative estimate of drug-likeness (QED) is 0.845. The first kappa shape index (κ1) is 16.6. The van der Waals surface area contributed by atoms with Crippen molar-refractivity contribution in [3.63, 3.8) is 0 Å². The number of carbonyl (C=O) groups excluding carboxylic acids is 1. The maximum Gasteiger partial charge on any atom is 0.319 e. The summed E-state index contributed by atoms with van der Waals surface area (Å²) in [7, 11) is 0. The van der Waals surface area contributed by atoms with Crippen LogP contribution >= 0.6 is 0 Å². The molecule has 0 spiro atoms. The summed E-state index contributed by atoms with van der Waals surface area (Å²) in [4.78, 5) is 12.0. The van der Waals surface area contributed by atoms with Crippen LogP contribution < -0.4 is 10.6 Å². The minimum Gasteiger partial charge on any atom is -0.331 e. The Hall–Kier alpha value is -1.77. The van der Waals surface area contributed by atoms with Crippen molar-refractivity contribution in [3.05, 3.63) is 46.7 Å². The molecule has 1 aromatic rings. The van der Waals surface area contributed by atoms with Crippen molar-refractivity contribution in [2.24, 2.45) is 5.92 Å². The Morgan fingerprint density at radius 3 is 2.50 bits per heavy atom. The molecule has 1 atom stereocenters. The summed E-state index contributed by atoms with van der Waals surface area (Å²) >= 11 is 0. The second kappa shape index (κ2) is 7.48. The van der Waals surface area contributed by atoms with Crippen molar-refractivity contribution >= 4 is 6.03 Å². The van der Waals surface area contributed by atoms with Crippen LogP contribution in [-0.2, 0) is 12.8 Å². The molecule has 2 N–H and O–H groups in total. The van der Waals surface area contributed by atoms with E-state index < -0.39 is 0 Å². The zero-order valence-electron chi connectivity index (χ0n) is 14.2. The van der Waals surface area contributed by atoms with Crippen LogP contribution in [0.2, 0.25) is 0 Å². The maximum absolute atomic E-state index is 12.0. The van der Waals surface area contributed by atoms with Gasteiger partial charge >= 0.3 is 6.03 Å². The lowest BCUT2D eigenvalue weighted by Gasteiger charge is -2.20. The summed E-state index contributed by atoms with van der Waals surface area (Å²) in [5.41, 5.74) is 5.27. The monoisotopic (exact) mass is 300 g/mol. The summed E-state index contributed by atoms with van der Waals surface area (Å²) in [5, 5.41) is 5.82. The molecule has 0 bridgehead atoms. The van der Waals surface area contributed by atoms with Crippen molar-refractivity contribution in [1.29, 1.82) is 0 Å². The fourth-order valence-corrected chi connectivity index (χ4v) is 2.69. The molecule has 22 heavy (non-hydrogen) atoms. The fraction of sp³-hybridized carbons (Fsp3) is 0.526. The summed E-state index contributed by atoms with van der Waals surface area (Å²) < 4.78 is 0. The smallest absolute Gasteiger partial charge is 0.319 e. The molecule has 1 unspecified atom stereocenters. The molecule has 120 valence electrons. The van der Waals surface area contributed by atoms with Gasteiger partial charge in [-0.3, -0.25) is 0 Å². The Kier molecular flexibility index (Phi) is 5.64. The largest absolute Gasteiger partial charge is 0.331 e. The first-order chi connectivity index (χ1) is 10.5. The third kappa shape index (κ3) is 4.36. The van der Waals surface area contributed by atoms with Crippen molar-refractivity contribution in [2.75, 3.05) is 0 Å². The van der Waals surface area contributed by atoms with Gasteiger partial charge in [0.1, 0.15) is 0 Å². The van der Waals surface area contributed by atoms with Crippen LogP contribution in [0.25, 0.3) is 0 Å². The average Bonchev–Trinajstić information content (AvgIpc) is 2.51. The molecule has 0 fully saturated rings. The molecular weight excluding hydrogens is 272 g/mol. The summed E-state index contributed by atoms with van der Waals surface area (Å²) in [6.07, 6.45) is 6.72. The molecule has 0 aromatic heterocycles. The number of hydrogen-bond acceptors (Lipinski definition) is 1. The number of fused-ring (bicyclic) bond motifs is 1. The van der Waals surface area contributed by atoms with Crippen LogP contribution in [0.15, 0.2) is 30.0 Å². The molecule has 3 nitrogen and oxygen atoms in total. The molecule has 1 aliphatic carbocycles. The van der Waals surface area contributed by atoms with Crippen molar-refractivity contribution in [1.82, 2.24) is 10.6 Å². The second-order valence-electron chi connectivity index (χ2n) is 6.62. The number of rotatable bonds is 4. The molecule has 1 aliphatic rings. The molecule has 2 rings (SSSR count). The number of aryl methyl sites for hydroxylation is 2. The van der Waals surface area contributed by atoms with E-state index in [1.807, 2.05) is 13.8 Å². The SMILES string of the molecule is C/C(=C\NC(=O)NC(C)c1ccc2c(c1)CCCC2)C(C)C. The van der Waals surface area contributed by atoms with E-state index in [1.165, 1.54) is 42.4 Å². The van der Waals surface area contributed by atoms with Gasteiger partial charge in [0.15, 0.2) is 0 Å². The van der Waals surface area contributed by atoms with Crippen LogP contribution in [0.5, 0.6) is 0 Å². The third-order valence-corrected chi connectivity index (χ3v) is 4.56. The molecular formula is C19H28N2O. The average molecular weight is 300 g/mol. The van der Waals surface area contributed by atoms with Crippen LogP contribution in [0.4, 0.5) is 4.79 Å². The molecule has 0 saturated carbocycles. The van der Waals surface area contributed by atoms with Gasteiger partial charge in [0, 0.05) is 6.20 Å². The van der Waals surface area contributed by atoms with E-state index in [4.69, 9.17) is 0 Å². The minimum absolute atomic E-state index is 0.0139. The highest BCUT2D eigenvalue weighted by Crippen LogP contribution is 2.24. The van der Waals surface area contributed by atoms with E-state index in [2.05, 4.69) is 42.7 Å². The topological polar surface area (TPSA) is 41.1 Å². The highest BCUT2D eigenvalue weighted by Gasteiger charge is 2.13. The first-order valence-electron chi connectivity index (χ1n) is 8.32. The number of benzene rings is 1. The molecule has 0 heterocycles. The summed E-state index contributed by atoms with van der Waals surface area (Å²) in [5.74, 6) is 0.443. The Morgan fingerprint density at radius 1 is 1.14 bits per heavy atom. The Morgan fingerprint density at radius 2 is 1.82 bits per heavy atom. The standard InChI is InChI=1S/C19H28N2O/c1-13(2)14(3)12-20-19(22)21-15(4)17-10-9-16-7-5-6-8-18(16)11-17/h9-13,15H,5-8H2,1-4H3,(H2,20,21,22)/b14-12+. The number of urea groups is 1. The van der Waals surface area contributed by atoms with Crippen LogP contribution in [-0.4, -0.2) is 6.03 Å². The van der Waals surface area contributed by atoms with Gasteiger partial charge < -0.3 is 10.6 Å². The lowest BCUT2D eigenvalue weighted by Crippen LogP contribution is -2.34. The second-order valence-corrected chi connectivity index (χ2v) is 6.62. The van der Waals surface area contributed by atoms with Crippen LogP contribution in [0, 0.1) is 5.92 Å². The number of allylic oxidation sites excluding steroid dienone is 1. The predicted octanol–water partition coefficient (Wildman–Crippen LogP) is 4.49. The molecule has 3 heteroatoms. The molecule has 0 saturated heterocycles. The van der Waals surface area contributed by atoms with Gasteiger partial charge in [-0.25, -0.2) is 4.79 Å². The van der Waals surface area contributed by atoms with Gasteiger partial charge in [-0.2, -0.15) is 0 Å². The minimum atomic E-state index is -0.148. The van der Waals surface area contributed by atoms with E-state index in [0.717, 1.165) is 5.57 Å². The Bertz CT molecular complexity index is 561. The van der Waals surface area contributed by atoms with Crippen LogP contribution in [0.1, 0.15) is 63.3 Å². The number of amides is 2. The van der Waals surface area contributed by atoms with E-state index in [9.17, 15) is 4.79 Å². The molecule has 0 radical (unpaired) electrons. The maximum atomic E-state index is 12.0. The lowest BCUT2D eigenvalue weighted by atomic mass is 9.89. The highest BCUT2D eigenvalue weighted by atomic mass is 16.2. The van der Waals surface area contributed by atoms with E-state index in [-0.39, 0.29) is 12.1 Å². The summed E-state index contributed by atoms with van der Waals surface area (Å²) in [6.45, 7) is 8.28. The van der Waals surface area contributed by atoms with Crippen molar-refractivity contribution in [3.8, 4) is 0 Å². The molecule has 2 amide bonds. The summed E-state index contributed by atoms with van der Waals surface area (Å²) in [6, 6.07) is 6.49. The zero-order valence-corrected chi connectivity index (χ0v) is 14.2. The first-order valence-corrected chi connectivity index (χ1v) is 8.32. The number of nitrogens with one attached hydrogen (secondary N) is 2. The zero-order chi connectivity index (χ0) is 16.1. The van der Waals surface area contributed by atoms with Crippen molar-refractivity contribution < 1.29 is 4.79 Å². The van der Waals surface area contributed by atoms with Gasteiger partial charge in [0.05, 0.1) is 6.04 Å². The van der Waals surface area contributed by atoms with Gasteiger partial charge in [0.25, 0.3) is 0 Å². The highest BCUT2D eigenvalue weighted by molar-refractivity contribution is 5.75. The van der Waals surface area contributed by atoms with Crippen LogP contribution in [0.3, 0.4) is 0 Å². The van der Waals surface area contributed by atoms with E-state index >= 15 is 0 Å². The number of hydrogen-bond donors (Lipinski definition) is 2. The number of carbonyl (C=O) groups is 1. The van der Waals surface area contributed by atoms with Gasteiger partial charge in [-0.15, -0.1) is 0 Å². The Balaban J connectivity index is 1.95. The predicted molar refractivity (Wildman–Crippen MR) is 91.8 cm³/mol.